The lowest BCUT2D eigenvalue weighted by atomic mass is 10.4. The van der Waals surface area contributed by atoms with Crippen LogP contribution in [0.2, 0.25) is 0 Å². The highest BCUT2D eigenvalue weighted by Crippen LogP contribution is 1.95. The summed E-state index contributed by atoms with van der Waals surface area (Å²) in [5.74, 6) is -1.20. The van der Waals surface area contributed by atoms with Crippen molar-refractivity contribution in [2.24, 2.45) is 0 Å². The molecule has 0 bridgehead atoms. The molecule has 6 heteroatoms. The first-order valence-electron chi connectivity index (χ1n) is 4.06. The molecule has 1 rings (SSSR count). The number of carbonyl (C=O) groups excluding carboxylic acids is 2. The van der Waals surface area contributed by atoms with Gasteiger partial charge >= 0.3 is 11.9 Å². The fraction of sp³-hybridized carbons (Fsp3) is 0.375. The smallest absolute Gasteiger partial charge is 0.356 e. The zero-order valence-corrected chi connectivity index (χ0v) is 7.65. The fourth-order valence-corrected chi connectivity index (χ4v) is 0.774. The fourth-order valence-electron chi connectivity index (χ4n) is 0.774. The van der Waals surface area contributed by atoms with Crippen molar-refractivity contribution in [3.8, 4) is 0 Å². The zero-order chi connectivity index (χ0) is 10.4. The van der Waals surface area contributed by atoms with E-state index < -0.39 is 11.9 Å². The van der Waals surface area contributed by atoms with E-state index in [4.69, 9.17) is 0 Å². The molecule has 1 aromatic rings. The Labute approximate surface area is 80.2 Å². The summed E-state index contributed by atoms with van der Waals surface area (Å²) in [5.41, 5.74) is 0.203. The molecule has 1 N–H and O–H groups in total. The summed E-state index contributed by atoms with van der Waals surface area (Å²) in [6.07, 6.45) is 1.42. The van der Waals surface area contributed by atoms with Crippen molar-refractivity contribution in [1.82, 2.24) is 10.2 Å². The number of hydrogen-bond acceptors (Lipinski definition) is 5. The predicted octanol–water partition coefficient (Wildman–Crippen LogP) is 0.130. The Bertz CT molecular complexity index is 307. The Balaban J connectivity index is 2.32. The predicted molar refractivity (Wildman–Crippen MR) is 45.5 cm³/mol. The van der Waals surface area contributed by atoms with Gasteiger partial charge in [0.05, 0.1) is 6.61 Å². The van der Waals surface area contributed by atoms with Gasteiger partial charge in [-0.15, -0.1) is 0 Å². The largest absolute Gasteiger partial charge is 0.463 e. The van der Waals surface area contributed by atoms with Crippen LogP contribution in [-0.4, -0.2) is 35.3 Å². The number of hydrogen-bond donors (Lipinski definition) is 1. The van der Waals surface area contributed by atoms with E-state index in [-0.39, 0.29) is 18.9 Å². The maximum atomic E-state index is 11.1. The Kier molecular flexibility index (Phi) is 3.66. The molecule has 0 aliphatic carbocycles. The number of carbonyl (C=O) groups is 2. The molecule has 1 aromatic heterocycles. The Morgan fingerprint density at radius 3 is 2.86 bits per heavy atom. The number of H-pyrrole nitrogens is 1. The van der Waals surface area contributed by atoms with Crippen LogP contribution in [0.1, 0.15) is 17.4 Å². The minimum atomic E-state index is -0.629. The second-order valence-electron chi connectivity index (χ2n) is 2.35. The van der Waals surface area contributed by atoms with Crippen LogP contribution in [0.3, 0.4) is 0 Å². The lowest BCUT2D eigenvalue weighted by molar-refractivity contribution is -0.146. The highest BCUT2D eigenvalue weighted by Gasteiger charge is 2.10. The van der Waals surface area contributed by atoms with Crippen LogP contribution in [0.25, 0.3) is 0 Å². The molecular weight excluding hydrogens is 188 g/mol. The van der Waals surface area contributed by atoms with Crippen molar-refractivity contribution in [2.75, 3.05) is 13.2 Å². The molecule has 1 heterocycles. The van der Waals surface area contributed by atoms with E-state index in [2.05, 4.69) is 19.7 Å². The SMILES string of the molecule is CCOC(=O)COC(=O)c1ccn[nH]1. The number of rotatable bonds is 4. The normalized spacial score (nSPS) is 9.50. The van der Waals surface area contributed by atoms with Gasteiger partial charge in [0.25, 0.3) is 0 Å². The van der Waals surface area contributed by atoms with Gasteiger partial charge < -0.3 is 9.47 Å². The summed E-state index contributed by atoms with van der Waals surface area (Å²) >= 11 is 0. The molecular formula is C8H10N2O4. The number of nitrogens with zero attached hydrogens (tertiary/aromatic N) is 1. The van der Waals surface area contributed by atoms with Crippen LogP contribution in [0, 0.1) is 0 Å². The van der Waals surface area contributed by atoms with Crippen molar-refractivity contribution >= 4 is 11.9 Å². The lowest BCUT2D eigenvalue weighted by Crippen LogP contribution is -2.16. The summed E-state index contributed by atoms with van der Waals surface area (Å²) in [4.78, 5) is 21.9. The third kappa shape index (κ3) is 2.89. The number of ether oxygens (including phenoxy) is 2. The molecule has 0 radical (unpaired) electrons. The average Bonchev–Trinajstić information content (AvgIpc) is 2.67. The molecule has 6 nitrogen and oxygen atoms in total. The maximum absolute atomic E-state index is 11.1. The van der Waals surface area contributed by atoms with E-state index in [0.717, 1.165) is 0 Å². The van der Waals surface area contributed by atoms with Gasteiger partial charge in [-0.3, -0.25) is 5.10 Å². The molecule has 76 valence electrons. The number of esters is 2. The molecule has 14 heavy (non-hydrogen) atoms. The highest BCUT2D eigenvalue weighted by atomic mass is 16.6. The lowest BCUT2D eigenvalue weighted by Gasteiger charge is -2.02. The monoisotopic (exact) mass is 198 g/mol. The van der Waals surface area contributed by atoms with Gasteiger partial charge in [-0.05, 0) is 13.0 Å². The van der Waals surface area contributed by atoms with Crippen LogP contribution < -0.4 is 0 Å². The van der Waals surface area contributed by atoms with Gasteiger partial charge in [-0.25, -0.2) is 9.59 Å². The van der Waals surface area contributed by atoms with Crippen molar-refractivity contribution in [3.63, 3.8) is 0 Å². The van der Waals surface area contributed by atoms with Gasteiger partial charge in [0.2, 0.25) is 0 Å². The summed E-state index contributed by atoms with van der Waals surface area (Å²) in [6, 6.07) is 1.45. The molecule has 0 saturated carbocycles. The van der Waals surface area contributed by atoms with Crippen LogP contribution in [-0.2, 0) is 14.3 Å². The Morgan fingerprint density at radius 1 is 1.50 bits per heavy atom. The molecule has 0 aliphatic rings. The van der Waals surface area contributed by atoms with E-state index in [9.17, 15) is 9.59 Å². The Hall–Kier alpha value is -1.85. The first-order chi connectivity index (χ1) is 6.74. The maximum Gasteiger partial charge on any atom is 0.356 e. The average molecular weight is 198 g/mol. The van der Waals surface area contributed by atoms with Crippen molar-refractivity contribution in [1.29, 1.82) is 0 Å². The van der Waals surface area contributed by atoms with Crippen LogP contribution in [0.5, 0.6) is 0 Å². The number of nitrogens with one attached hydrogen (secondary N) is 1. The van der Waals surface area contributed by atoms with E-state index in [1.165, 1.54) is 12.3 Å². The molecule has 0 amide bonds. The van der Waals surface area contributed by atoms with Gasteiger partial charge in [0.1, 0.15) is 5.69 Å². The van der Waals surface area contributed by atoms with Crippen molar-refractivity contribution in [2.45, 2.75) is 6.92 Å². The van der Waals surface area contributed by atoms with Crippen molar-refractivity contribution < 1.29 is 19.1 Å². The summed E-state index contributed by atoms with van der Waals surface area (Å²) < 4.78 is 9.18. The highest BCUT2D eigenvalue weighted by molar-refractivity contribution is 5.88. The topological polar surface area (TPSA) is 81.3 Å². The second-order valence-corrected chi connectivity index (χ2v) is 2.35. The third-order valence-corrected chi connectivity index (χ3v) is 1.35. The molecule has 0 spiro atoms. The van der Waals surface area contributed by atoms with Gasteiger partial charge in [-0.1, -0.05) is 0 Å². The van der Waals surface area contributed by atoms with E-state index >= 15 is 0 Å². The summed E-state index contributed by atoms with van der Waals surface area (Å²) in [6.45, 7) is 1.56. The summed E-state index contributed by atoms with van der Waals surface area (Å²) in [7, 11) is 0. The molecule has 0 unspecified atom stereocenters. The van der Waals surface area contributed by atoms with Crippen LogP contribution >= 0.6 is 0 Å². The van der Waals surface area contributed by atoms with Crippen LogP contribution in [0.4, 0.5) is 0 Å². The number of aromatic nitrogens is 2. The van der Waals surface area contributed by atoms with Crippen molar-refractivity contribution in [3.05, 3.63) is 18.0 Å². The van der Waals surface area contributed by atoms with Gasteiger partial charge in [-0.2, -0.15) is 5.10 Å². The summed E-state index contributed by atoms with van der Waals surface area (Å²) in [5, 5.41) is 5.98. The zero-order valence-electron chi connectivity index (χ0n) is 7.65. The molecule has 0 saturated heterocycles. The third-order valence-electron chi connectivity index (χ3n) is 1.35. The van der Waals surface area contributed by atoms with E-state index in [0.29, 0.717) is 0 Å². The Morgan fingerprint density at radius 2 is 2.29 bits per heavy atom. The molecule has 0 fully saturated rings. The molecule has 0 aliphatic heterocycles. The first kappa shape index (κ1) is 10.2. The minimum Gasteiger partial charge on any atom is -0.463 e. The molecule has 0 atom stereocenters. The quantitative estimate of drug-likeness (QED) is 0.695. The van der Waals surface area contributed by atoms with E-state index in [1.54, 1.807) is 6.92 Å². The van der Waals surface area contributed by atoms with Crippen LogP contribution in [0.15, 0.2) is 12.3 Å². The molecule has 0 aromatic carbocycles. The first-order valence-corrected chi connectivity index (χ1v) is 4.06. The standard InChI is InChI=1S/C8H10N2O4/c1-2-13-7(11)5-14-8(12)6-3-4-9-10-6/h3-4H,2,5H2,1H3,(H,9,10). The minimum absolute atomic E-state index is 0.203. The second kappa shape index (κ2) is 5.00. The number of aromatic amines is 1. The van der Waals surface area contributed by atoms with Gasteiger partial charge in [0.15, 0.2) is 6.61 Å². The van der Waals surface area contributed by atoms with Gasteiger partial charge in [0, 0.05) is 6.20 Å². The van der Waals surface area contributed by atoms with E-state index in [1.807, 2.05) is 0 Å².